The maximum atomic E-state index is 14.1. The zero-order chi connectivity index (χ0) is 38.8. The maximum absolute atomic E-state index is 14.1. The van der Waals surface area contributed by atoms with Crippen molar-refractivity contribution in [3.8, 4) is 11.4 Å². The lowest BCUT2D eigenvalue weighted by Crippen LogP contribution is -2.62. The fraction of sp³-hybridized carbons (Fsp3) is 0.357. The Morgan fingerprint density at radius 3 is 2.44 bits per heavy atom. The van der Waals surface area contributed by atoms with Crippen molar-refractivity contribution >= 4 is 40.9 Å². The first-order valence-electron chi connectivity index (χ1n) is 19.7. The molecule has 14 nitrogen and oxygen atoms in total. The summed E-state index contributed by atoms with van der Waals surface area (Å²) in [6.07, 6.45) is 4.00. The van der Waals surface area contributed by atoms with Gasteiger partial charge in [-0.15, -0.1) is 5.10 Å². The Morgan fingerprint density at radius 1 is 0.789 bits per heavy atom. The Labute approximate surface area is 327 Å². The van der Waals surface area contributed by atoms with Crippen molar-refractivity contribution in [2.75, 3.05) is 55.6 Å². The van der Waals surface area contributed by atoms with Crippen LogP contribution in [0.2, 0.25) is 0 Å². The van der Waals surface area contributed by atoms with Crippen molar-refractivity contribution in [2.24, 2.45) is 0 Å². The number of fused-ring (bicyclic) bond motifs is 2. The number of piperazine rings is 1. The number of hydrogen-bond acceptors (Lipinski definition) is 11. The van der Waals surface area contributed by atoms with E-state index in [-0.39, 0.29) is 24.7 Å². The van der Waals surface area contributed by atoms with Gasteiger partial charge in [-0.05, 0) is 78.9 Å². The number of hydrogen-bond donors (Lipinski definition) is 1. The highest BCUT2D eigenvalue weighted by molar-refractivity contribution is 6.23. The molecule has 5 aliphatic rings. The van der Waals surface area contributed by atoms with Crippen LogP contribution in [0.25, 0.3) is 17.0 Å². The molecule has 4 fully saturated rings. The van der Waals surface area contributed by atoms with Gasteiger partial charge in [0.2, 0.25) is 11.8 Å². The predicted octanol–water partition coefficient (Wildman–Crippen LogP) is 3.68. The summed E-state index contributed by atoms with van der Waals surface area (Å²) in [6.45, 7) is 6.85. The summed E-state index contributed by atoms with van der Waals surface area (Å²) in [5, 5.41) is 7.27. The highest BCUT2D eigenvalue weighted by atomic mass is 19.1. The maximum Gasteiger partial charge on any atom is 0.262 e. The van der Waals surface area contributed by atoms with E-state index in [1.54, 1.807) is 24.3 Å². The molecule has 0 spiro atoms. The molecule has 5 aromatic rings. The van der Waals surface area contributed by atoms with Crippen molar-refractivity contribution in [1.29, 1.82) is 0 Å². The Bertz CT molecular complexity index is 2440. The number of carbonyl (C=O) groups excluding carboxylic acids is 4. The standard InChI is InChI=1S/C42H41FN10O4/c43-28-5-1-4-27(21-28)33-7-3-15-51(33)38-13-12-36-44-22-35(53(36)47-38)32-6-2-8-37(45-32)50-18-16-49(17-19-50)29-24-48(25-29)23-26-9-10-30-31(20-26)42(57)52(41(30)56)34-11-14-39(54)46-40(34)55/h1-2,4-6,8-10,12-13,20-22,29,33-34H,3,7,11,14-19,23-25H2,(H,46,54,55)/t33-,34?/m1/s1. The van der Waals surface area contributed by atoms with Crippen LogP contribution in [0, 0.1) is 5.82 Å². The average molecular weight is 769 g/mol. The average Bonchev–Trinajstić information content (AvgIpc) is 3.93. The molecule has 5 aliphatic heterocycles. The van der Waals surface area contributed by atoms with E-state index in [4.69, 9.17) is 10.1 Å². The van der Waals surface area contributed by atoms with Gasteiger partial charge >= 0.3 is 0 Å². The molecule has 4 amide bonds. The number of imide groups is 2. The van der Waals surface area contributed by atoms with Gasteiger partial charge in [0.15, 0.2) is 5.65 Å². The van der Waals surface area contributed by atoms with Crippen molar-refractivity contribution < 1.29 is 23.6 Å². The van der Waals surface area contributed by atoms with Crippen LogP contribution in [-0.2, 0) is 16.1 Å². The molecule has 0 saturated carbocycles. The van der Waals surface area contributed by atoms with Crippen molar-refractivity contribution in [1.82, 2.24) is 39.6 Å². The monoisotopic (exact) mass is 768 g/mol. The minimum Gasteiger partial charge on any atom is -0.354 e. The van der Waals surface area contributed by atoms with Gasteiger partial charge in [-0.3, -0.25) is 39.2 Å². The number of amides is 4. The molecular weight excluding hydrogens is 728 g/mol. The van der Waals surface area contributed by atoms with Crippen LogP contribution in [0.15, 0.2) is 79.0 Å². The Hall–Kier alpha value is -6.06. The SMILES string of the molecule is O=C1CCC(N2C(=O)c3ccc(CN4CC(N5CCN(c6cccc(-c7cnc8ccc(N9CCC[C@@H]9c9cccc(F)c9)nn78)n6)CC5)C4)cc3C2=O)C(=O)N1. The number of imidazole rings is 1. The number of anilines is 2. The molecule has 57 heavy (non-hydrogen) atoms. The first-order valence-corrected chi connectivity index (χ1v) is 19.7. The quantitative estimate of drug-likeness (QED) is 0.232. The third kappa shape index (κ3) is 6.40. The molecule has 4 saturated heterocycles. The molecule has 3 aromatic heterocycles. The Morgan fingerprint density at radius 2 is 1.61 bits per heavy atom. The lowest BCUT2D eigenvalue weighted by atomic mass is 10.0. The molecule has 2 atom stereocenters. The van der Waals surface area contributed by atoms with Crippen molar-refractivity contribution in [2.45, 2.75) is 50.4 Å². The molecule has 10 rings (SSSR count). The second-order valence-electron chi connectivity index (χ2n) is 15.6. The lowest BCUT2D eigenvalue weighted by Gasteiger charge is -2.48. The molecule has 15 heteroatoms. The predicted molar refractivity (Wildman–Crippen MR) is 208 cm³/mol. The molecule has 0 bridgehead atoms. The van der Waals surface area contributed by atoms with E-state index >= 15 is 0 Å². The van der Waals surface area contributed by atoms with E-state index in [2.05, 4.69) is 36.0 Å². The first kappa shape index (κ1) is 35.4. The lowest BCUT2D eigenvalue weighted by molar-refractivity contribution is -0.136. The summed E-state index contributed by atoms with van der Waals surface area (Å²) in [6, 6.07) is 21.8. The van der Waals surface area contributed by atoms with Gasteiger partial charge in [0.25, 0.3) is 11.8 Å². The van der Waals surface area contributed by atoms with E-state index < -0.39 is 29.7 Å². The number of carbonyl (C=O) groups is 4. The second-order valence-corrected chi connectivity index (χ2v) is 15.6. The van der Waals surface area contributed by atoms with E-state index in [1.807, 2.05) is 47.1 Å². The minimum absolute atomic E-state index is 0.0621. The number of piperidine rings is 1. The number of aromatic nitrogens is 4. The molecule has 2 aromatic carbocycles. The van der Waals surface area contributed by atoms with Gasteiger partial charge in [0.1, 0.15) is 29.2 Å². The Kier molecular flexibility index (Phi) is 8.78. The molecule has 0 aliphatic carbocycles. The topological polar surface area (TPSA) is 140 Å². The van der Waals surface area contributed by atoms with E-state index in [0.717, 1.165) is 103 Å². The summed E-state index contributed by atoms with van der Waals surface area (Å²) in [4.78, 5) is 70.6. The summed E-state index contributed by atoms with van der Waals surface area (Å²) >= 11 is 0. The number of halogens is 1. The van der Waals surface area contributed by atoms with E-state index in [1.165, 1.54) is 6.07 Å². The van der Waals surface area contributed by atoms with Crippen LogP contribution < -0.4 is 15.1 Å². The molecular formula is C42H41FN10O4. The van der Waals surface area contributed by atoms with Gasteiger partial charge in [-0.1, -0.05) is 24.3 Å². The van der Waals surface area contributed by atoms with Gasteiger partial charge in [-0.25, -0.2) is 18.9 Å². The smallest absolute Gasteiger partial charge is 0.262 e. The molecule has 8 heterocycles. The Balaban J connectivity index is 0.756. The van der Waals surface area contributed by atoms with Crippen LogP contribution >= 0.6 is 0 Å². The molecule has 290 valence electrons. The van der Waals surface area contributed by atoms with Crippen molar-refractivity contribution in [3.05, 3.63) is 107 Å². The van der Waals surface area contributed by atoms with Gasteiger partial charge in [0.05, 0.1) is 29.1 Å². The van der Waals surface area contributed by atoms with Crippen LogP contribution in [0.5, 0.6) is 0 Å². The van der Waals surface area contributed by atoms with Crippen LogP contribution in [-0.4, -0.2) is 116 Å². The third-order valence-electron chi connectivity index (χ3n) is 12.1. The minimum atomic E-state index is -0.970. The summed E-state index contributed by atoms with van der Waals surface area (Å²) in [7, 11) is 0. The number of pyridine rings is 1. The van der Waals surface area contributed by atoms with Crippen LogP contribution in [0.3, 0.4) is 0 Å². The fourth-order valence-corrected chi connectivity index (χ4v) is 9.13. The second kappa shape index (κ2) is 14.2. The van der Waals surface area contributed by atoms with Gasteiger partial charge in [0, 0.05) is 64.8 Å². The molecule has 1 unspecified atom stereocenters. The van der Waals surface area contributed by atoms with Gasteiger partial charge < -0.3 is 9.80 Å². The first-order chi connectivity index (χ1) is 27.8. The number of benzene rings is 2. The van der Waals surface area contributed by atoms with E-state index in [9.17, 15) is 23.6 Å². The number of rotatable bonds is 8. The summed E-state index contributed by atoms with van der Waals surface area (Å²) in [5.41, 5.74) is 4.86. The highest BCUT2D eigenvalue weighted by Crippen LogP contribution is 2.36. The number of likely N-dealkylation sites (tertiary alicyclic amines) is 1. The summed E-state index contributed by atoms with van der Waals surface area (Å²) < 4.78 is 16.0. The van der Waals surface area contributed by atoms with Crippen LogP contribution in [0.1, 0.15) is 63.6 Å². The molecule has 0 radical (unpaired) electrons. The zero-order valence-electron chi connectivity index (χ0n) is 31.3. The zero-order valence-corrected chi connectivity index (χ0v) is 31.3. The van der Waals surface area contributed by atoms with Crippen molar-refractivity contribution in [3.63, 3.8) is 0 Å². The molecule has 1 N–H and O–H groups in total. The number of nitrogens with one attached hydrogen (secondary N) is 1. The third-order valence-corrected chi connectivity index (χ3v) is 12.1. The highest BCUT2D eigenvalue weighted by Gasteiger charge is 2.45. The normalized spacial score (nSPS) is 22.1. The van der Waals surface area contributed by atoms with E-state index in [0.29, 0.717) is 23.7 Å². The largest absolute Gasteiger partial charge is 0.354 e. The summed E-state index contributed by atoms with van der Waals surface area (Å²) in [5.74, 6) is -0.452. The van der Waals surface area contributed by atoms with Gasteiger partial charge in [-0.2, -0.15) is 0 Å². The van der Waals surface area contributed by atoms with Crippen LogP contribution in [0.4, 0.5) is 16.0 Å². The number of nitrogens with zero attached hydrogens (tertiary/aromatic N) is 9. The fourth-order valence-electron chi connectivity index (χ4n) is 9.13.